The summed E-state index contributed by atoms with van der Waals surface area (Å²) in [6.07, 6.45) is 0. The lowest BCUT2D eigenvalue weighted by molar-refractivity contribution is 0.0469. The summed E-state index contributed by atoms with van der Waals surface area (Å²) in [5.74, 6) is 0.580. The molecule has 5 rings (SSSR count). The van der Waals surface area contributed by atoms with E-state index < -0.39 is 11.6 Å². The fourth-order valence-electron chi connectivity index (χ4n) is 4.43. The average molecular weight is 509 g/mol. The Morgan fingerprint density at radius 3 is 2.26 bits per heavy atom. The van der Waals surface area contributed by atoms with Gasteiger partial charge >= 0.3 is 5.97 Å². The van der Waals surface area contributed by atoms with Crippen LogP contribution in [0, 0.1) is 0 Å². The monoisotopic (exact) mass is 508 g/mol. The zero-order chi connectivity index (χ0) is 26.7. The molecule has 0 spiro atoms. The summed E-state index contributed by atoms with van der Waals surface area (Å²) in [7, 11) is 0. The smallest absolute Gasteiger partial charge is 0.357 e. The van der Waals surface area contributed by atoms with E-state index in [9.17, 15) is 9.90 Å². The third-order valence-corrected chi connectivity index (χ3v) is 6.17. The molecule has 0 saturated carbocycles. The first-order valence-electron chi connectivity index (χ1n) is 12.3. The minimum Gasteiger partial charge on any atom is -0.461 e. The van der Waals surface area contributed by atoms with Crippen molar-refractivity contribution in [2.75, 3.05) is 6.61 Å². The highest BCUT2D eigenvalue weighted by Gasteiger charge is 2.33. The van der Waals surface area contributed by atoms with Crippen LogP contribution in [0.15, 0.2) is 78.9 Å². The summed E-state index contributed by atoms with van der Waals surface area (Å²) in [4.78, 5) is 17.9. The summed E-state index contributed by atoms with van der Waals surface area (Å²) < 4.78 is 7.21. The van der Waals surface area contributed by atoms with E-state index in [0.717, 1.165) is 27.8 Å². The van der Waals surface area contributed by atoms with Gasteiger partial charge in [0, 0.05) is 17.7 Å². The maximum atomic E-state index is 13.1. The number of carbonyl (C=O) groups excluding carboxylic acids is 1. The molecule has 5 aromatic rings. The number of benzene rings is 3. The molecule has 0 atom stereocenters. The predicted octanol–water partition coefficient (Wildman–Crippen LogP) is 4.85. The maximum absolute atomic E-state index is 13.1. The normalized spacial score (nSPS) is 11.5. The van der Waals surface area contributed by atoms with E-state index in [-0.39, 0.29) is 18.0 Å². The lowest BCUT2D eigenvalue weighted by Gasteiger charge is -2.17. The van der Waals surface area contributed by atoms with Crippen molar-refractivity contribution in [2.24, 2.45) is 0 Å². The quantitative estimate of drug-likeness (QED) is 0.288. The number of carbonyl (C=O) groups is 1. The van der Waals surface area contributed by atoms with E-state index in [1.54, 1.807) is 20.8 Å². The Bertz CT molecular complexity index is 1540. The topological polar surface area (TPSA) is 119 Å². The number of aromatic nitrogens is 6. The van der Waals surface area contributed by atoms with Gasteiger partial charge in [-0.25, -0.2) is 9.78 Å². The van der Waals surface area contributed by atoms with Crippen LogP contribution in [0.2, 0.25) is 0 Å². The maximum Gasteiger partial charge on any atom is 0.357 e. The second kappa shape index (κ2) is 10.4. The van der Waals surface area contributed by atoms with Crippen LogP contribution in [-0.4, -0.2) is 47.9 Å². The first-order chi connectivity index (χ1) is 18.4. The molecule has 3 aromatic carbocycles. The van der Waals surface area contributed by atoms with Gasteiger partial charge in [-0.1, -0.05) is 78.9 Å². The highest BCUT2D eigenvalue weighted by atomic mass is 16.5. The molecule has 0 aliphatic heterocycles. The lowest BCUT2D eigenvalue weighted by atomic mass is 9.98. The summed E-state index contributed by atoms with van der Waals surface area (Å²) in [5.41, 5.74) is 3.79. The molecule has 9 heteroatoms. The van der Waals surface area contributed by atoms with Crippen molar-refractivity contribution >= 4 is 5.97 Å². The average Bonchev–Trinajstić information content (AvgIpc) is 3.59. The van der Waals surface area contributed by atoms with Crippen LogP contribution in [0.4, 0.5) is 0 Å². The molecule has 0 saturated heterocycles. The van der Waals surface area contributed by atoms with Gasteiger partial charge in [0.2, 0.25) is 5.82 Å². The number of hydrogen-bond donors (Lipinski definition) is 2. The molecule has 2 heterocycles. The van der Waals surface area contributed by atoms with Gasteiger partial charge in [-0.05, 0) is 42.7 Å². The second-order valence-electron chi connectivity index (χ2n) is 9.34. The third kappa shape index (κ3) is 4.96. The summed E-state index contributed by atoms with van der Waals surface area (Å²) in [6, 6.07) is 25.5. The van der Waals surface area contributed by atoms with Gasteiger partial charge in [-0.15, -0.1) is 10.2 Å². The van der Waals surface area contributed by atoms with Gasteiger partial charge in [0.1, 0.15) is 17.1 Å². The number of imidazole rings is 1. The number of esters is 1. The molecule has 0 amide bonds. The van der Waals surface area contributed by atoms with Gasteiger partial charge in [-0.3, -0.25) is 0 Å². The van der Waals surface area contributed by atoms with Crippen LogP contribution in [0.25, 0.3) is 33.9 Å². The number of rotatable bonds is 8. The zero-order valence-electron chi connectivity index (χ0n) is 21.4. The Morgan fingerprint density at radius 2 is 1.63 bits per heavy atom. The number of ether oxygens (including phenoxy) is 1. The summed E-state index contributed by atoms with van der Waals surface area (Å²) in [5, 5.41) is 25.3. The first-order valence-corrected chi connectivity index (χ1v) is 12.3. The molecule has 0 aliphatic rings. The van der Waals surface area contributed by atoms with Crippen molar-refractivity contribution < 1.29 is 14.6 Å². The first kappa shape index (κ1) is 25.0. The molecule has 0 aliphatic carbocycles. The minimum absolute atomic E-state index is 0.213. The van der Waals surface area contributed by atoms with Crippen LogP contribution in [0.1, 0.15) is 42.5 Å². The Kier molecular flexibility index (Phi) is 6.85. The number of nitrogens with zero attached hydrogens (tertiary/aromatic N) is 5. The number of tetrazole rings is 1. The SMILES string of the molecule is CCOC(=O)c1c(C(C)(C)O)nc(-c2ccccc2)n1Cc1ccc(-c2ccccc2-c2nn[nH]n2)cc1. The van der Waals surface area contributed by atoms with Crippen LogP contribution >= 0.6 is 0 Å². The lowest BCUT2D eigenvalue weighted by Crippen LogP contribution is -2.23. The Labute approximate surface area is 220 Å². The molecular formula is C29H28N6O3. The van der Waals surface area contributed by atoms with Gasteiger partial charge in [0.15, 0.2) is 5.69 Å². The van der Waals surface area contributed by atoms with Crippen molar-refractivity contribution in [1.29, 1.82) is 0 Å². The summed E-state index contributed by atoms with van der Waals surface area (Å²) >= 11 is 0. The second-order valence-corrected chi connectivity index (χ2v) is 9.34. The van der Waals surface area contributed by atoms with Crippen molar-refractivity contribution in [1.82, 2.24) is 30.2 Å². The Hall–Kier alpha value is -4.63. The van der Waals surface area contributed by atoms with Crippen LogP contribution in [0.5, 0.6) is 0 Å². The highest BCUT2D eigenvalue weighted by molar-refractivity contribution is 5.90. The number of aliphatic hydroxyl groups is 1. The molecule has 0 unspecified atom stereocenters. The van der Waals surface area contributed by atoms with Gasteiger partial charge in [-0.2, -0.15) is 5.21 Å². The van der Waals surface area contributed by atoms with Crippen molar-refractivity contribution in [2.45, 2.75) is 32.9 Å². The number of nitrogens with one attached hydrogen (secondary N) is 1. The van der Waals surface area contributed by atoms with E-state index >= 15 is 0 Å². The highest BCUT2D eigenvalue weighted by Crippen LogP contribution is 2.32. The minimum atomic E-state index is -1.35. The molecule has 0 fully saturated rings. The fourth-order valence-corrected chi connectivity index (χ4v) is 4.43. The van der Waals surface area contributed by atoms with E-state index in [1.165, 1.54) is 0 Å². The van der Waals surface area contributed by atoms with Crippen molar-refractivity contribution in [3.05, 3.63) is 95.8 Å². The number of H-pyrrole nitrogens is 1. The van der Waals surface area contributed by atoms with Gasteiger partial charge in [0.25, 0.3) is 0 Å². The molecule has 2 N–H and O–H groups in total. The Balaban J connectivity index is 1.57. The van der Waals surface area contributed by atoms with Crippen LogP contribution in [-0.2, 0) is 16.9 Å². The molecule has 2 aromatic heterocycles. The van der Waals surface area contributed by atoms with Crippen LogP contribution in [0.3, 0.4) is 0 Å². The molecule has 0 bridgehead atoms. The largest absolute Gasteiger partial charge is 0.461 e. The predicted molar refractivity (Wildman–Crippen MR) is 143 cm³/mol. The van der Waals surface area contributed by atoms with Crippen LogP contribution < -0.4 is 0 Å². The van der Waals surface area contributed by atoms with E-state index in [2.05, 4.69) is 20.6 Å². The molecule has 9 nitrogen and oxygen atoms in total. The van der Waals surface area contributed by atoms with E-state index in [4.69, 9.17) is 9.72 Å². The Morgan fingerprint density at radius 1 is 0.947 bits per heavy atom. The van der Waals surface area contributed by atoms with Crippen molar-refractivity contribution in [3.63, 3.8) is 0 Å². The molecular weight excluding hydrogens is 480 g/mol. The van der Waals surface area contributed by atoms with Gasteiger partial charge < -0.3 is 14.4 Å². The standard InChI is InChI=1S/C29H28N6O3/c1-4-38-28(36)24-25(29(2,3)37)30-27(21-10-6-5-7-11-21)35(24)18-19-14-16-20(17-15-19)22-12-8-9-13-23(22)26-31-33-34-32-26/h5-17,37H,4,18H2,1-3H3,(H,31,32,33,34). The van der Waals surface area contributed by atoms with Crippen molar-refractivity contribution in [3.8, 4) is 33.9 Å². The molecule has 192 valence electrons. The number of aromatic amines is 1. The van der Waals surface area contributed by atoms with E-state index in [1.807, 2.05) is 83.4 Å². The zero-order valence-corrected chi connectivity index (χ0v) is 21.4. The van der Waals surface area contributed by atoms with Gasteiger partial charge in [0.05, 0.1) is 6.61 Å². The summed E-state index contributed by atoms with van der Waals surface area (Å²) in [6.45, 7) is 5.56. The molecule has 0 radical (unpaired) electrons. The molecule has 38 heavy (non-hydrogen) atoms. The third-order valence-electron chi connectivity index (χ3n) is 6.17. The fraction of sp³-hybridized carbons (Fsp3) is 0.207. The number of hydrogen-bond acceptors (Lipinski definition) is 7. The van der Waals surface area contributed by atoms with E-state index in [0.29, 0.717) is 18.2 Å².